The van der Waals surface area contributed by atoms with Crippen LogP contribution < -0.4 is 0 Å². The zero-order chi connectivity index (χ0) is 13.1. The summed E-state index contributed by atoms with van der Waals surface area (Å²) in [5.41, 5.74) is -0.209. The monoisotopic (exact) mass is 328 g/mol. The standard InChI is InChI=1S/C11H9BrClF3O/c12-5-9(17)4-7-1-2-10(11(14,15)16)8(3-7)6-13/h1-3H,4-6H2. The molecule has 0 radical (unpaired) electrons. The van der Waals surface area contributed by atoms with Gasteiger partial charge in [-0.2, -0.15) is 13.2 Å². The summed E-state index contributed by atoms with van der Waals surface area (Å²) < 4.78 is 37.7. The molecule has 0 saturated carbocycles. The van der Waals surface area contributed by atoms with Crippen molar-refractivity contribution in [2.75, 3.05) is 5.33 Å². The highest BCUT2D eigenvalue weighted by molar-refractivity contribution is 9.09. The van der Waals surface area contributed by atoms with Gasteiger partial charge in [0.2, 0.25) is 0 Å². The van der Waals surface area contributed by atoms with E-state index >= 15 is 0 Å². The maximum atomic E-state index is 12.6. The van der Waals surface area contributed by atoms with Crippen LogP contribution in [0.15, 0.2) is 18.2 Å². The molecule has 6 heteroatoms. The van der Waals surface area contributed by atoms with E-state index in [2.05, 4.69) is 15.9 Å². The van der Waals surface area contributed by atoms with Crippen molar-refractivity contribution >= 4 is 33.3 Å². The molecular formula is C11H9BrClF3O. The van der Waals surface area contributed by atoms with E-state index in [9.17, 15) is 18.0 Å². The summed E-state index contributed by atoms with van der Waals surface area (Å²) in [5, 5.41) is 0.185. The molecule has 1 nitrogen and oxygen atoms in total. The number of alkyl halides is 5. The van der Waals surface area contributed by atoms with Crippen molar-refractivity contribution in [3.8, 4) is 0 Å². The van der Waals surface area contributed by atoms with Crippen molar-refractivity contribution in [1.29, 1.82) is 0 Å². The van der Waals surface area contributed by atoms with Gasteiger partial charge in [0.05, 0.1) is 10.9 Å². The zero-order valence-corrected chi connectivity index (χ0v) is 11.0. The van der Waals surface area contributed by atoms with E-state index < -0.39 is 11.7 Å². The minimum atomic E-state index is -4.41. The number of hydrogen-bond acceptors (Lipinski definition) is 1. The van der Waals surface area contributed by atoms with Crippen LogP contribution in [0.4, 0.5) is 13.2 Å². The number of rotatable bonds is 4. The zero-order valence-electron chi connectivity index (χ0n) is 8.65. The molecule has 0 fully saturated rings. The molecule has 0 atom stereocenters. The fourth-order valence-electron chi connectivity index (χ4n) is 1.42. The summed E-state index contributed by atoms with van der Waals surface area (Å²) >= 11 is 8.48. The van der Waals surface area contributed by atoms with Gasteiger partial charge in [-0.15, -0.1) is 11.6 Å². The summed E-state index contributed by atoms with van der Waals surface area (Å²) in [6.07, 6.45) is -4.31. The fraction of sp³-hybridized carbons (Fsp3) is 0.364. The molecular weight excluding hydrogens is 320 g/mol. The summed E-state index contributed by atoms with van der Waals surface area (Å²) in [5.74, 6) is -0.323. The number of Topliss-reactive ketones (excluding diaryl/α,β-unsaturated/α-hetero) is 1. The third kappa shape index (κ3) is 4.00. The lowest BCUT2D eigenvalue weighted by atomic mass is 10.0. The summed E-state index contributed by atoms with van der Waals surface area (Å²) in [7, 11) is 0. The van der Waals surface area contributed by atoms with Gasteiger partial charge in [-0.3, -0.25) is 4.79 Å². The second kappa shape index (κ2) is 5.87. The third-order valence-corrected chi connectivity index (χ3v) is 3.08. The number of benzene rings is 1. The number of hydrogen-bond donors (Lipinski definition) is 0. The van der Waals surface area contributed by atoms with Crippen molar-refractivity contribution in [1.82, 2.24) is 0 Å². The quantitative estimate of drug-likeness (QED) is 0.765. The van der Waals surface area contributed by atoms with Crippen LogP contribution in [0.5, 0.6) is 0 Å². The van der Waals surface area contributed by atoms with Gasteiger partial charge >= 0.3 is 6.18 Å². The summed E-state index contributed by atoms with van der Waals surface area (Å²) in [6, 6.07) is 3.60. The van der Waals surface area contributed by atoms with Crippen molar-refractivity contribution in [3.05, 3.63) is 34.9 Å². The Hall–Kier alpha value is -0.550. The molecule has 0 saturated heterocycles. The number of carbonyl (C=O) groups excluding carboxylic acids is 1. The lowest BCUT2D eigenvalue weighted by Gasteiger charge is -2.12. The van der Waals surface area contributed by atoms with E-state index in [1.165, 1.54) is 12.1 Å². The predicted octanol–water partition coefficient (Wildman–Crippen LogP) is 3.95. The molecule has 1 aromatic rings. The molecule has 0 aliphatic carbocycles. The highest BCUT2D eigenvalue weighted by atomic mass is 79.9. The largest absolute Gasteiger partial charge is 0.416 e. The second-order valence-electron chi connectivity index (χ2n) is 3.47. The minimum absolute atomic E-state index is 0.000890. The predicted molar refractivity (Wildman–Crippen MR) is 63.5 cm³/mol. The van der Waals surface area contributed by atoms with Gasteiger partial charge in [0, 0.05) is 12.3 Å². The van der Waals surface area contributed by atoms with Crippen LogP contribution in [-0.4, -0.2) is 11.1 Å². The Bertz CT molecular complexity index is 418. The highest BCUT2D eigenvalue weighted by Crippen LogP contribution is 2.33. The second-order valence-corrected chi connectivity index (χ2v) is 4.30. The SMILES string of the molecule is O=C(CBr)Cc1ccc(C(F)(F)F)c(CCl)c1. The Balaban J connectivity index is 3.05. The van der Waals surface area contributed by atoms with Gasteiger partial charge in [0.25, 0.3) is 0 Å². The molecule has 0 aromatic heterocycles. The van der Waals surface area contributed by atoms with Gasteiger partial charge in [-0.05, 0) is 17.2 Å². The van der Waals surface area contributed by atoms with Crippen molar-refractivity contribution in [3.63, 3.8) is 0 Å². The summed E-state index contributed by atoms with van der Waals surface area (Å²) in [4.78, 5) is 11.2. The van der Waals surface area contributed by atoms with Crippen LogP contribution in [-0.2, 0) is 23.3 Å². The topological polar surface area (TPSA) is 17.1 Å². The van der Waals surface area contributed by atoms with Crippen molar-refractivity contribution < 1.29 is 18.0 Å². The van der Waals surface area contributed by atoms with Gasteiger partial charge in [-0.1, -0.05) is 28.1 Å². The molecule has 0 N–H and O–H groups in total. The summed E-state index contributed by atoms with van der Waals surface area (Å²) in [6.45, 7) is 0. The number of ketones is 1. The van der Waals surface area contributed by atoms with E-state index in [1.807, 2.05) is 0 Å². The van der Waals surface area contributed by atoms with Crippen molar-refractivity contribution in [2.24, 2.45) is 0 Å². The number of carbonyl (C=O) groups is 1. The maximum Gasteiger partial charge on any atom is 0.416 e. The molecule has 0 amide bonds. The van der Waals surface area contributed by atoms with E-state index in [-0.39, 0.29) is 29.0 Å². The Morgan fingerprint density at radius 1 is 1.35 bits per heavy atom. The molecule has 0 spiro atoms. The molecule has 0 bridgehead atoms. The Kier molecular flexibility index (Phi) is 5.01. The third-order valence-electron chi connectivity index (χ3n) is 2.17. The van der Waals surface area contributed by atoms with Gasteiger partial charge in [0.1, 0.15) is 5.78 Å². The molecule has 0 aliphatic heterocycles. The van der Waals surface area contributed by atoms with Crippen LogP contribution >= 0.6 is 27.5 Å². The van der Waals surface area contributed by atoms with Crippen LogP contribution in [0.3, 0.4) is 0 Å². The molecule has 1 rings (SSSR count). The average molecular weight is 330 g/mol. The van der Waals surface area contributed by atoms with Crippen LogP contribution in [0.2, 0.25) is 0 Å². The van der Waals surface area contributed by atoms with E-state index in [0.29, 0.717) is 5.56 Å². The number of halogens is 5. The molecule has 0 aliphatic rings. The minimum Gasteiger partial charge on any atom is -0.298 e. The lowest BCUT2D eigenvalue weighted by molar-refractivity contribution is -0.138. The Morgan fingerprint density at radius 2 is 2.00 bits per heavy atom. The van der Waals surface area contributed by atoms with E-state index in [0.717, 1.165) is 6.07 Å². The van der Waals surface area contributed by atoms with Crippen LogP contribution in [0, 0.1) is 0 Å². The molecule has 0 heterocycles. The van der Waals surface area contributed by atoms with Gasteiger partial charge in [-0.25, -0.2) is 0 Å². The normalized spacial score (nSPS) is 11.6. The first-order valence-electron chi connectivity index (χ1n) is 4.71. The molecule has 17 heavy (non-hydrogen) atoms. The first kappa shape index (κ1) is 14.5. The van der Waals surface area contributed by atoms with E-state index in [1.54, 1.807) is 0 Å². The van der Waals surface area contributed by atoms with Gasteiger partial charge < -0.3 is 0 Å². The Labute approximate surface area is 110 Å². The Morgan fingerprint density at radius 3 is 2.47 bits per heavy atom. The fourth-order valence-corrected chi connectivity index (χ4v) is 1.84. The first-order chi connectivity index (χ1) is 7.88. The highest BCUT2D eigenvalue weighted by Gasteiger charge is 2.32. The molecule has 0 unspecified atom stereocenters. The van der Waals surface area contributed by atoms with Crippen molar-refractivity contribution in [2.45, 2.75) is 18.5 Å². The lowest BCUT2D eigenvalue weighted by Crippen LogP contribution is -2.10. The molecule has 94 valence electrons. The van der Waals surface area contributed by atoms with Crippen LogP contribution in [0.1, 0.15) is 16.7 Å². The van der Waals surface area contributed by atoms with Gasteiger partial charge in [0.15, 0.2) is 0 Å². The average Bonchev–Trinajstić information content (AvgIpc) is 2.27. The molecule has 1 aromatic carbocycles. The van der Waals surface area contributed by atoms with E-state index in [4.69, 9.17) is 11.6 Å². The maximum absolute atomic E-state index is 12.6. The van der Waals surface area contributed by atoms with Crippen LogP contribution in [0.25, 0.3) is 0 Å². The first-order valence-corrected chi connectivity index (χ1v) is 6.36. The smallest absolute Gasteiger partial charge is 0.298 e.